The van der Waals surface area contributed by atoms with Crippen LogP contribution in [0.3, 0.4) is 0 Å². The van der Waals surface area contributed by atoms with Gasteiger partial charge in [-0.1, -0.05) is 39.0 Å². The highest BCUT2D eigenvalue weighted by Gasteiger charge is 2.51. The molecule has 2 aliphatic carbocycles. The highest BCUT2D eigenvalue weighted by molar-refractivity contribution is 5.93. The van der Waals surface area contributed by atoms with Crippen molar-refractivity contribution in [3.05, 3.63) is 29.8 Å². The Morgan fingerprint density at radius 3 is 2.37 bits per heavy atom. The molecule has 0 bridgehead atoms. The molecular formula is C38H55F2N5O7. The lowest BCUT2D eigenvalue weighted by Crippen LogP contribution is -2.67. The van der Waals surface area contributed by atoms with Crippen LogP contribution in [-0.4, -0.2) is 108 Å². The number of hydrogen-bond donors (Lipinski definition) is 4. The molecule has 0 aromatic heterocycles. The van der Waals surface area contributed by atoms with Gasteiger partial charge in [-0.3, -0.25) is 19.3 Å². The first-order chi connectivity index (χ1) is 24.6. The lowest BCUT2D eigenvalue weighted by Gasteiger charge is -2.46. The first-order valence-electron chi connectivity index (χ1n) is 19.0. The van der Waals surface area contributed by atoms with Crippen LogP contribution in [-0.2, 0) is 19.1 Å². The maximum Gasteiger partial charge on any atom is 0.404 e. The number of carboxylic acid groups (broad SMARTS) is 1. The molecule has 5 aliphatic rings. The standard InChI is InChI=1S/C38H55F2N5O7/c1-5-51-25-18-24-19-45(28(21-44(24)20-25)33(46)41-27-14-17-52-29-9-7-6-8-26(27)29)35(48)31(23-12-15-38(39,40)16-13-23)42-34(47)30(22-10-11-22)32(37(2,3)4)43-36(49)50/h6-9,22-25,27-28,30-32,43H,5,10-21H2,1-4H3,(H,41,46)(H,42,47)(H,49,50)/t24-,25-,27-,28+,30+,31+,32?/m1/s1. The zero-order valence-corrected chi connectivity index (χ0v) is 30.7. The van der Waals surface area contributed by atoms with E-state index in [1.165, 1.54) is 0 Å². The van der Waals surface area contributed by atoms with Crippen molar-refractivity contribution in [1.82, 2.24) is 25.8 Å². The van der Waals surface area contributed by atoms with Crippen LogP contribution in [0.5, 0.6) is 5.75 Å². The van der Waals surface area contributed by atoms with E-state index in [0.29, 0.717) is 38.3 Å². The minimum Gasteiger partial charge on any atom is -0.493 e. The summed E-state index contributed by atoms with van der Waals surface area (Å²) in [5.74, 6) is -4.86. The van der Waals surface area contributed by atoms with Gasteiger partial charge in [-0.25, -0.2) is 13.6 Å². The van der Waals surface area contributed by atoms with Crippen molar-refractivity contribution in [1.29, 1.82) is 0 Å². The second kappa shape index (κ2) is 15.5. The number of nitrogens with one attached hydrogen (secondary N) is 3. The van der Waals surface area contributed by atoms with Crippen LogP contribution in [0.15, 0.2) is 24.3 Å². The third-order valence-corrected chi connectivity index (χ3v) is 11.7. The van der Waals surface area contributed by atoms with Gasteiger partial charge in [-0.2, -0.15) is 0 Å². The van der Waals surface area contributed by atoms with Crippen LogP contribution in [0.4, 0.5) is 13.6 Å². The van der Waals surface area contributed by atoms with E-state index in [0.717, 1.165) is 18.4 Å². The second-order valence-corrected chi connectivity index (χ2v) is 16.5. The van der Waals surface area contributed by atoms with Crippen molar-refractivity contribution >= 4 is 23.8 Å². The van der Waals surface area contributed by atoms with Crippen LogP contribution in [0, 0.1) is 23.2 Å². The molecule has 4 fully saturated rings. The van der Waals surface area contributed by atoms with Crippen molar-refractivity contribution in [3.63, 3.8) is 0 Å². The Morgan fingerprint density at radius 1 is 1.00 bits per heavy atom. The fraction of sp³-hybridized carbons (Fsp3) is 0.737. The maximum atomic E-state index is 15.0. The fourth-order valence-electron chi connectivity index (χ4n) is 8.89. The molecule has 3 aliphatic heterocycles. The van der Waals surface area contributed by atoms with Gasteiger partial charge in [0.15, 0.2) is 0 Å². The van der Waals surface area contributed by atoms with Crippen molar-refractivity contribution in [2.45, 2.75) is 121 Å². The quantitative estimate of drug-likeness (QED) is 0.263. The summed E-state index contributed by atoms with van der Waals surface area (Å²) in [7, 11) is 0. The fourth-order valence-corrected chi connectivity index (χ4v) is 8.89. The number of hydrogen-bond acceptors (Lipinski definition) is 7. The minimum absolute atomic E-state index is 0.0272. The van der Waals surface area contributed by atoms with E-state index in [1.807, 2.05) is 52.0 Å². The van der Waals surface area contributed by atoms with E-state index in [1.54, 1.807) is 4.90 Å². The number of nitrogens with zero attached hydrogens (tertiary/aromatic N) is 2. The SMILES string of the molecule is CCO[C@@H]1C[C@@H]2CN(C(=O)[C@@H](NC(=O)[C@@H](C3CC3)C(NC(=O)O)C(C)(C)C)C3CCC(F)(F)CC3)[C@H](C(=O)N[C@@H]3CCOc4ccccc43)CN2C1. The van der Waals surface area contributed by atoms with Crippen molar-refractivity contribution < 1.29 is 42.5 Å². The Bertz CT molecular complexity index is 1480. The number of alkyl halides is 2. The molecule has 7 atom stereocenters. The van der Waals surface area contributed by atoms with Gasteiger partial charge in [0.1, 0.15) is 17.8 Å². The summed E-state index contributed by atoms with van der Waals surface area (Å²) in [6, 6.07) is 4.31. The zero-order valence-electron chi connectivity index (χ0n) is 30.7. The largest absolute Gasteiger partial charge is 0.493 e. The van der Waals surface area contributed by atoms with E-state index in [2.05, 4.69) is 20.9 Å². The topological polar surface area (TPSA) is 150 Å². The lowest BCUT2D eigenvalue weighted by atomic mass is 9.75. The Hall–Kier alpha value is -3.52. The molecule has 4 N–H and O–H groups in total. The van der Waals surface area contributed by atoms with Gasteiger partial charge in [0.25, 0.3) is 0 Å². The second-order valence-electron chi connectivity index (χ2n) is 16.5. The van der Waals surface area contributed by atoms with Gasteiger partial charge in [-0.05, 0) is 62.3 Å². The molecule has 14 heteroatoms. The molecule has 2 saturated heterocycles. The molecule has 288 valence electrons. The number of para-hydroxylation sites is 1. The Labute approximate surface area is 304 Å². The zero-order chi connectivity index (χ0) is 37.4. The number of piperazine rings is 1. The van der Waals surface area contributed by atoms with Crippen LogP contribution in [0.2, 0.25) is 0 Å². The van der Waals surface area contributed by atoms with Gasteiger partial charge in [0.05, 0.1) is 24.7 Å². The molecule has 12 nitrogen and oxygen atoms in total. The van der Waals surface area contributed by atoms with Gasteiger partial charge in [0.2, 0.25) is 23.6 Å². The Balaban J connectivity index is 1.30. The monoisotopic (exact) mass is 731 g/mol. The predicted octanol–water partition coefficient (Wildman–Crippen LogP) is 4.34. The number of carbonyl (C=O) groups excluding carboxylic acids is 3. The molecule has 0 radical (unpaired) electrons. The van der Waals surface area contributed by atoms with Crippen molar-refractivity contribution in [2.24, 2.45) is 23.2 Å². The van der Waals surface area contributed by atoms with Crippen LogP contribution in [0.1, 0.15) is 90.7 Å². The molecular weight excluding hydrogens is 676 g/mol. The average molecular weight is 732 g/mol. The summed E-state index contributed by atoms with van der Waals surface area (Å²) >= 11 is 0. The number of benzene rings is 1. The number of fused-ring (bicyclic) bond motifs is 2. The van der Waals surface area contributed by atoms with E-state index in [-0.39, 0.29) is 55.9 Å². The highest BCUT2D eigenvalue weighted by atomic mass is 19.3. The van der Waals surface area contributed by atoms with Gasteiger partial charge in [0, 0.05) is 63.2 Å². The summed E-state index contributed by atoms with van der Waals surface area (Å²) in [5, 5.41) is 18.5. The maximum absolute atomic E-state index is 15.0. The molecule has 3 heterocycles. The summed E-state index contributed by atoms with van der Waals surface area (Å²) in [4.78, 5) is 59.4. The first-order valence-corrected chi connectivity index (χ1v) is 19.0. The summed E-state index contributed by atoms with van der Waals surface area (Å²) in [6.07, 6.45) is 0.637. The minimum atomic E-state index is -2.86. The lowest BCUT2D eigenvalue weighted by molar-refractivity contribution is -0.151. The van der Waals surface area contributed by atoms with E-state index >= 15 is 4.79 Å². The van der Waals surface area contributed by atoms with Gasteiger partial charge < -0.3 is 35.4 Å². The number of carbonyl (C=O) groups is 4. The van der Waals surface area contributed by atoms with Gasteiger partial charge >= 0.3 is 6.09 Å². The predicted molar refractivity (Wildman–Crippen MR) is 188 cm³/mol. The Morgan fingerprint density at radius 2 is 1.71 bits per heavy atom. The summed E-state index contributed by atoms with van der Waals surface area (Å²) < 4.78 is 40.7. The number of rotatable bonds is 11. The molecule has 1 aromatic carbocycles. The number of ether oxygens (including phenoxy) is 2. The highest BCUT2D eigenvalue weighted by Crippen LogP contribution is 2.44. The molecule has 1 unspecified atom stereocenters. The normalized spacial score (nSPS) is 28.0. The van der Waals surface area contributed by atoms with E-state index < -0.39 is 72.0 Å². The van der Waals surface area contributed by atoms with Crippen molar-refractivity contribution in [3.8, 4) is 5.75 Å². The summed E-state index contributed by atoms with van der Waals surface area (Å²) in [6.45, 7) is 9.58. The van der Waals surface area contributed by atoms with E-state index in [4.69, 9.17) is 9.47 Å². The number of amides is 4. The summed E-state index contributed by atoms with van der Waals surface area (Å²) in [5.41, 5.74) is 0.228. The average Bonchev–Trinajstić information content (AvgIpc) is 3.84. The first kappa shape index (κ1) is 38.2. The van der Waals surface area contributed by atoms with Crippen LogP contribution < -0.4 is 20.7 Å². The molecule has 6 rings (SSSR count). The van der Waals surface area contributed by atoms with Crippen LogP contribution >= 0.6 is 0 Å². The third kappa shape index (κ3) is 8.64. The molecule has 52 heavy (non-hydrogen) atoms. The van der Waals surface area contributed by atoms with Crippen molar-refractivity contribution in [2.75, 3.05) is 32.8 Å². The van der Waals surface area contributed by atoms with Gasteiger partial charge in [-0.15, -0.1) is 0 Å². The number of halogens is 2. The molecule has 0 spiro atoms. The smallest absolute Gasteiger partial charge is 0.404 e. The Kier molecular flexibility index (Phi) is 11.4. The van der Waals surface area contributed by atoms with Crippen LogP contribution in [0.25, 0.3) is 0 Å². The molecule has 1 aromatic rings. The molecule has 4 amide bonds. The third-order valence-electron chi connectivity index (χ3n) is 11.7. The van der Waals surface area contributed by atoms with E-state index in [9.17, 15) is 28.3 Å². The molecule has 2 saturated carbocycles.